The lowest BCUT2D eigenvalue weighted by molar-refractivity contribution is -0.123. The van der Waals surface area contributed by atoms with Gasteiger partial charge in [-0.1, -0.05) is 25.2 Å². The molecule has 1 fully saturated rings. The Balaban J connectivity index is 1.42. The van der Waals surface area contributed by atoms with Crippen LogP contribution in [0.3, 0.4) is 0 Å². The molecule has 9 nitrogen and oxygen atoms in total. The Kier molecular flexibility index (Phi) is 8.13. The first-order valence-corrected chi connectivity index (χ1v) is 14.2. The molecule has 3 aromatic rings. The molecular weight excluding hydrogens is 514 g/mol. The van der Waals surface area contributed by atoms with Crippen molar-refractivity contribution in [1.29, 1.82) is 0 Å². The molecule has 10 heteroatoms. The quantitative estimate of drug-likeness (QED) is 0.390. The van der Waals surface area contributed by atoms with Crippen molar-refractivity contribution >= 4 is 45.9 Å². The topological polar surface area (TPSA) is 112 Å². The van der Waals surface area contributed by atoms with Crippen molar-refractivity contribution in [2.24, 2.45) is 11.8 Å². The maximum Gasteiger partial charge on any atom is 0.350 e. The number of carbonyl (C=O) groups excluding carboxylic acids is 2. The predicted molar refractivity (Wildman–Crippen MR) is 153 cm³/mol. The number of esters is 1. The van der Waals surface area contributed by atoms with Gasteiger partial charge in [0.05, 0.1) is 25.1 Å². The van der Waals surface area contributed by atoms with Crippen LogP contribution in [0.1, 0.15) is 65.2 Å². The van der Waals surface area contributed by atoms with Gasteiger partial charge in [-0.3, -0.25) is 4.79 Å². The summed E-state index contributed by atoms with van der Waals surface area (Å²) < 4.78 is 12.1. The first-order valence-electron chi connectivity index (χ1n) is 13.4. The normalized spacial score (nSPS) is 21.1. The standard InChI is InChI=1S/C29H35N5O4S/c1-18-4-6-21(7-5-18)28(35)33(14-15-37-2)23-17-24(39-27(23)29(36)38-3)20-10-8-19(9-11-20)22-16-26-31-13-12-25(30)34(26)32-22/h8,10-13,16-19,21H,4-7,9,14-15,30H2,1-3H3/t18-,19?,21-. The fourth-order valence-electron chi connectivity index (χ4n) is 5.36. The number of aromatic nitrogens is 3. The second-order valence-electron chi connectivity index (χ2n) is 10.3. The van der Waals surface area contributed by atoms with Gasteiger partial charge in [-0.2, -0.15) is 9.61 Å². The Morgan fingerprint density at radius 2 is 2.00 bits per heavy atom. The average molecular weight is 550 g/mol. The molecule has 1 amide bonds. The van der Waals surface area contributed by atoms with E-state index in [9.17, 15) is 9.59 Å². The van der Waals surface area contributed by atoms with Crippen LogP contribution in [0.25, 0.3) is 11.2 Å². The number of nitrogens with two attached hydrogens (primary N) is 1. The molecule has 2 aliphatic rings. The molecule has 0 spiro atoms. The fourth-order valence-corrected chi connectivity index (χ4v) is 6.46. The van der Waals surface area contributed by atoms with Gasteiger partial charge in [0.1, 0.15) is 10.7 Å². The number of allylic oxidation sites excluding steroid dienone is 4. The van der Waals surface area contributed by atoms with Gasteiger partial charge >= 0.3 is 5.97 Å². The molecule has 0 radical (unpaired) electrons. The molecule has 206 valence electrons. The van der Waals surface area contributed by atoms with Gasteiger partial charge in [-0.25, -0.2) is 9.78 Å². The van der Waals surface area contributed by atoms with Crippen molar-refractivity contribution < 1.29 is 19.1 Å². The summed E-state index contributed by atoms with van der Waals surface area (Å²) in [6.45, 7) is 2.99. The lowest BCUT2D eigenvalue weighted by Crippen LogP contribution is -2.40. The lowest BCUT2D eigenvalue weighted by Gasteiger charge is -2.31. The summed E-state index contributed by atoms with van der Waals surface area (Å²) in [5.74, 6) is 0.836. The zero-order chi connectivity index (χ0) is 27.5. The van der Waals surface area contributed by atoms with E-state index in [1.807, 2.05) is 12.1 Å². The number of nitrogen functional groups attached to an aromatic ring is 1. The van der Waals surface area contributed by atoms with E-state index < -0.39 is 5.97 Å². The molecule has 0 aromatic carbocycles. The van der Waals surface area contributed by atoms with Crippen LogP contribution >= 0.6 is 11.3 Å². The number of methoxy groups -OCH3 is 2. The summed E-state index contributed by atoms with van der Waals surface area (Å²) in [7, 11) is 2.99. The monoisotopic (exact) mass is 549 g/mol. The predicted octanol–water partition coefficient (Wildman–Crippen LogP) is 5.09. The molecule has 39 heavy (non-hydrogen) atoms. The second kappa shape index (κ2) is 11.7. The van der Waals surface area contributed by atoms with E-state index in [0.717, 1.165) is 48.2 Å². The van der Waals surface area contributed by atoms with E-state index in [2.05, 4.69) is 35.2 Å². The molecule has 2 N–H and O–H groups in total. The van der Waals surface area contributed by atoms with Crippen LogP contribution in [-0.4, -0.2) is 53.8 Å². The third-order valence-corrected chi connectivity index (χ3v) is 8.85. The maximum absolute atomic E-state index is 13.7. The number of hydrogen-bond acceptors (Lipinski definition) is 8. The van der Waals surface area contributed by atoms with Gasteiger partial charge in [-0.05, 0) is 55.7 Å². The number of fused-ring (bicyclic) bond motifs is 1. The molecule has 3 aromatic heterocycles. The number of amides is 1. The Hall–Kier alpha value is -3.50. The van der Waals surface area contributed by atoms with E-state index >= 15 is 0 Å². The Morgan fingerprint density at radius 1 is 1.21 bits per heavy atom. The number of nitrogens with zero attached hydrogens (tertiary/aromatic N) is 4. The van der Waals surface area contributed by atoms with Crippen molar-refractivity contribution in [2.75, 3.05) is 38.0 Å². The molecule has 0 aliphatic heterocycles. The van der Waals surface area contributed by atoms with Gasteiger partial charge in [0.25, 0.3) is 0 Å². The second-order valence-corrected chi connectivity index (χ2v) is 11.4. The number of thiophene rings is 1. The van der Waals surface area contributed by atoms with Crippen LogP contribution in [0.15, 0.2) is 42.6 Å². The zero-order valence-corrected chi connectivity index (χ0v) is 23.4. The minimum absolute atomic E-state index is 0.0459. The highest BCUT2D eigenvalue weighted by Gasteiger charge is 2.32. The largest absolute Gasteiger partial charge is 0.465 e. The van der Waals surface area contributed by atoms with E-state index in [4.69, 9.17) is 15.2 Å². The van der Waals surface area contributed by atoms with Crippen LogP contribution in [0.2, 0.25) is 0 Å². The van der Waals surface area contributed by atoms with Crippen LogP contribution in [0, 0.1) is 11.8 Å². The van der Waals surface area contributed by atoms with E-state index in [-0.39, 0.29) is 17.7 Å². The zero-order valence-electron chi connectivity index (χ0n) is 22.6. The lowest BCUT2D eigenvalue weighted by atomic mass is 9.82. The third-order valence-electron chi connectivity index (χ3n) is 7.69. The van der Waals surface area contributed by atoms with Crippen molar-refractivity contribution in [3.63, 3.8) is 0 Å². The molecule has 0 bridgehead atoms. The molecular formula is C29H35N5O4S. The van der Waals surface area contributed by atoms with Crippen LogP contribution in [0.5, 0.6) is 0 Å². The Labute approximate surface area is 232 Å². The molecule has 2 aliphatic carbocycles. The number of hydrogen-bond donors (Lipinski definition) is 1. The smallest absolute Gasteiger partial charge is 0.350 e. The van der Waals surface area contributed by atoms with Crippen molar-refractivity contribution in [1.82, 2.24) is 14.6 Å². The summed E-state index contributed by atoms with van der Waals surface area (Å²) >= 11 is 1.35. The maximum atomic E-state index is 13.7. The third kappa shape index (κ3) is 5.62. The highest BCUT2D eigenvalue weighted by molar-refractivity contribution is 7.15. The molecule has 0 saturated heterocycles. The number of rotatable bonds is 8. The van der Waals surface area contributed by atoms with Crippen LogP contribution < -0.4 is 10.6 Å². The SMILES string of the molecule is COCCN(c1cc(C2=CCC(c3cc4nccc(N)n4n3)C=C2)sc1C(=O)OC)C(=O)[C@H]1CC[C@H](C)CC1. The summed E-state index contributed by atoms with van der Waals surface area (Å²) in [5, 5.41) is 4.64. The molecule has 1 atom stereocenters. The Morgan fingerprint density at radius 3 is 2.67 bits per heavy atom. The number of ether oxygens (including phenoxy) is 2. The highest BCUT2D eigenvalue weighted by Crippen LogP contribution is 2.40. The first-order chi connectivity index (χ1) is 18.9. The van der Waals surface area contributed by atoms with Gasteiger partial charge in [0.2, 0.25) is 5.91 Å². The van der Waals surface area contributed by atoms with Gasteiger partial charge in [0, 0.05) is 42.6 Å². The molecule has 1 unspecified atom stereocenters. The summed E-state index contributed by atoms with van der Waals surface area (Å²) in [6.07, 6.45) is 12.5. The summed E-state index contributed by atoms with van der Waals surface area (Å²) in [5.41, 5.74) is 9.25. The first kappa shape index (κ1) is 27.1. The summed E-state index contributed by atoms with van der Waals surface area (Å²) in [6, 6.07) is 5.62. The highest BCUT2D eigenvalue weighted by atomic mass is 32.1. The minimum atomic E-state index is -0.443. The minimum Gasteiger partial charge on any atom is -0.465 e. The van der Waals surface area contributed by atoms with Gasteiger partial charge in [0.15, 0.2) is 5.65 Å². The Bertz CT molecular complexity index is 1420. The van der Waals surface area contributed by atoms with E-state index in [1.54, 1.807) is 28.8 Å². The molecule has 5 rings (SSSR count). The van der Waals surface area contributed by atoms with Crippen molar-refractivity contribution in [3.8, 4) is 0 Å². The summed E-state index contributed by atoms with van der Waals surface area (Å²) in [4.78, 5) is 34.0. The average Bonchev–Trinajstić information content (AvgIpc) is 3.59. The van der Waals surface area contributed by atoms with E-state index in [0.29, 0.717) is 41.1 Å². The van der Waals surface area contributed by atoms with Gasteiger partial charge in [-0.15, -0.1) is 11.3 Å². The molecule has 3 heterocycles. The van der Waals surface area contributed by atoms with E-state index in [1.165, 1.54) is 18.4 Å². The van der Waals surface area contributed by atoms with Crippen LogP contribution in [-0.2, 0) is 14.3 Å². The van der Waals surface area contributed by atoms with Crippen LogP contribution in [0.4, 0.5) is 11.5 Å². The fraction of sp³-hybridized carbons (Fsp3) is 0.448. The number of anilines is 2. The van der Waals surface area contributed by atoms with Crippen molar-refractivity contribution in [3.05, 3.63) is 58.1 Å². The van der Waals surface area contributed by atoms with Gasteiger partial charge < -0.3 is 20.1 Å². The number of carbonyl (C=O) groups is 2. The molecule has 1 saturated carbocycles. The van der Waals surface area contributed by atoms with Crippen molar-refractivity contribution in [2.45, 2.75) is 44.9 Å².